The smallest absolute Gasteiger partial charge is 0.243 e. The monoisotopic (exact) mass is 385 g/mol. The molecule has 2 aromatic carbocycles. The van der Waals surface area contributed by atoms with Crippen LogP contribution in [0.4, 0.5) is 5.69 Å². The first-order valence-electron chi connectivity index (χ1n) is 9.05. The van der Waals surface area contributed by atoms with E-state index < -0.39 is 10.0 Å². The number of hydrogen-bond donors (Lipinski definition) is 1. The summed E-state index contributed by atoms with van der Waals surface area (Å²) in [6.45, 7) is 3.20. The molecule has 2 aliphatic heterocycles. The summed E-state index contributed by atoms with van der Waals surface area (Å²) in [5.74, 6) is -0.186. The van der Waals surface area contributed by atoms with Gasteiger partial charge in [-0.25, -0.2) is 8.42 Å². The van der Waals surface area contributed by atoms with Crippen molar-refractivity contribution < 1.29 is 13.2 Å². The standard InChI is InChI=1S/C20H23N3O3S/c1-14(24)21-17-6-8-18(9-7-17)27(25,26)23-12-16-5-3-4-15-10-11-22(2)19(13-23)20(15)16/h3-9,19H,10-13H2,1-2H3,(H,21,24). The van der Waals surface area contributed by atoms with Crippen molar-refractivity contribution in [1.29, 1.82) is 0 Å². The second-order valence-corrected chi connectivity index (χ2v) is 9.18. The zero-order chi connectivity index (χ0) is 19.2. The molecule has 0 spiro atoms. The summed E-state index contributed by atoms with van der Waals surface area (Å²) < 4.78 is 28.0. The lowest BCUT2D eigenvalue weighted by molar-refractivity contribution is -0.114. The van der Waals surface area contributed by atoms with Gasteiger partial charge >= 0.3 is 0 Å². The molecular formula is C20H23N3O3S. The number of nitrogens with zero attached hydrogens (tertiary/aromatic N) is 2. The highest BCUT2D eigenvalue weighted by atomic mass is 32.2. The molecule has 27 heavy (non-hydrogen) atoms. The van der Waals surface area contributed by atoms with Gasteiger partial charge in [-0.05, 0) is 54.4 Å². The fourth-order valence-electron chi connectivity index (χ4n) is 4.05. The van der Waals surface area contributed by atoms with E-state index in [1.54, 1.807) is 28.6 Å². The molecule has 0 bridgehead atoms. The molecule has 0 saturated heterocycles. The number of rotatable bonds is 3. The molecule has 142 valence electrons. The molecule has 6 nitrogen and oxygen atoms in total. The largest absolute Gasteiger partial charge is 0.326 e. The van der Waals surface area contributed by atoms with Crippen molar-refractivity contribution >= 4 is 21.6 Å². The highest BCUT2D eigenvalue weighted by molar-refractivity contribution is 7.89. The number of carbonyl (C=O) groups excluding carboxylic acids is 1. The van der Waals surface area contributed by atoms with Crippen molar-refractivity contribution in [1.82, 2.24) is 9.21 Å². The molecule has 2 aromatic rings. The molecule has 1 atom stereocenters. The lowest BCUT2D eigenvalue weighted by Gasteiger charge is -2.42. The van der Waals surface area contributed by atoms with E-state index in [0.29, 0.717) is 18.8 Å². The minimum atomic E-state index is -3.61. The van der Waals surface area contributed by atoms with Crippen LogP contribution in [0.2, 0.25) is 0 Å². The number of anilines is 1. The fraction of sp³-hybridized carbons (Fsp3) is 0.350. The summed E-state index contributed by atoms with van der Waals surface area (Å²) >= 11 is 0. The third-order valence-electron chi connectivity index (χ3n) is 5.42. The summed E-state index contributed by atoms with van der Waals surface area (Å²) in [5.41, 5.74) is 4.32. The Labute approximate surface area is 159 Å². The maximum Gasteiger partial charge on any atom is 0.243 e. The van der Waals surface area contributed by atoms with Gasteiger partial charge in [0.25, 0.3) is 0 Å². The van der Waals surface area contributed by atoms with Crippen molar-refractivity contribution in [2.75, 3.05) is 25.5 Å². The SMILES string of the molecule is CC(=O)Nc1ccc(S(=O)(=O)N2Cc3cccc4c3C(C2)N(C)CC4)cc1. The van der Waals surface area contributed by atoms with E-state index in [1.165, 1.54) is 18.1 Å². The molecule has 1 amide bonds. The van der Waals surface area contributed by atoms with Gasteiger partial charge in [0, 0.05) is 38.3 Å². The third-order valence-corrected chi connectivity index (χ3v) is 7.25. The highest BCUT2D eigenvalue weighted by Gasteiger charge is 2.37. The molecule has 7 heteroatoms. The molecule has 2 heterocycles. The van der Waals surface area contributed by atoms with Crippen molar-refractivity contribution in [2.45, 2.75) is 30.8 Å². The van der Waals surface area contributed by atoms with Crippen molar-refractivity contribution in [2.24, 2.45) is 0 Å². The van der Waals surface area contributed by atoms with Gasteiger partial charge in [-0.2, -0.15) is 4.31 Å². The molecule has 0 fully saturated rings. The van der Waals surface area contributed by atoms with Gasteiger partial charge in [-0.15, -0.1) is 0 Å². The van der Waals surface area contributed by atoms with Gasteiger partial charge < -0.3 is 5.32 Å². The van der Waals surface area contributed by atoms with E-state index in [-0.39, 0.29) is 16.8 Å². The average Bonchev–Trinajstić information content (AvgIpc) is 2.64. The van der Waals surface area contributed by atoms with Crippen LogP contribution in [0, 0.1) is 0 Å². The Morgan fingerprint density at radius 2 is 1.81 bits per heavy atom. The summed E-state index contributed by atoms with van der Waals surface area (Å²) in [6.07, 6.45) is 1.01. The van der Waals surface area contributed by atoms with Crippen LogP contribution in [0.15, 0.2) is 47.4 Å². The summed E-state index contributed by atoms with van der Waals surface area (Å²) in [7, 11) is -1.55. The molecular weight excluding hydrogens is 362 g/mol. The number of hydrogen-bond acceptors (Lipinski definition) is 4. The molecule has 0 aromatic heterocycles. The molecule has 4 rings (SSSR count). The van der Waals surface area contributed by atoms with Gasteiger partial charge in [0.15, 0.2) is 0 Å². The fourth-order valence-corrected chi connectivity index (χ4v) is 5.47. The Bertz CT molecular complexity index is 986. The van der Waals surface area contributed by atoms with Crippen LogP contribution >= 0.6 is 0 Å². The molecule has 0 radical (unpaired) electrons. The highest BCUT2D eigenvalue weighted by Crippen LogP contribution is 2.38. The Balaban J connectivity index is 1.66. The topological polar surface area (TPSA) is 69.7 Å². The molecule has 2 aliphatic rings. The van der Waals surface area contributed by atoms with Gasteiger partial charge in [-0.1, -0.05) is 18.2 Å². The average molecular weight is 385 g/mol. The maximum absolute atomic E-state index is 13.2. The van der Waals surface area contributed by atoms with Gasteiger partial charge in [0.05, 0.1) is 4.90 Å². The van der Waals surface area contributed by atoms with Crippen molar-refractivity contribution in [3.05, 3.63) is 59.2 Å². The molecule has 1 N–H and O–H groups in total. The van der Waals surface area contributed by atoms with Crippen molar-refractivity contribution in [3.63, 3.8) is 0 Å². The summed E-state index contributed by atoms with van der Waals surface area (Å²) in [6, 6.07) is 12.7. The molecule has 1 unspecified atom stereocenters. The van der Waals surface area contributed by atoms with Crippen molar-refractivity contribution in [3.8, 4) is 0 Å². The first kappa shape index (κ1) is 18.2. The first-order chi connectivity index (χ1) is 12.9. The number of likely N-dealkylation sites (N-methyl/N-ethyl adjacent to an activating group) is 1. The quantitative estimate of drug-likeness (QED) is 0.881. The van der Waals surface area contributed by atoms with Crippen LogP contribution in [0.1, 0.15) is 29.7 Å². The van der Waals surface area contributed by atoms with Gasteiger partial charge in [0.1, 0.15) is 0 Å². The number of benzene rings is 2. The predicted octanol–water partition coefficient (Wildman–Crippen LogP) is 2.38. The van der Waals surface area contributed by atoms with Crippen LogP contribution in [0.5, 0.6) is 0 Å². The number of sulfonamides is 1. The normalized spacial score (nSPS) is 20.1. The van der Waals surface area contributed by atoms with Crippen LogP contribution in [-0.4, -0.2) is 43.7 Å². The second kappa shape index (κ2) is 6.74. The van der Waals surface area contributed by atoms with Gasteiger partial charge in [0.2, 0.25) is 15.9 Å². The second-order valence-electron chi connectivity index (χ2n) is 7.24. The summed E-state index contributed by atoms with van der Waals surface area (Å²) in [5, 5.41) is 2.66. The maximum atomic E-state index is 13.2. The van der Waals surface area contributed by atoms with E-state index in [0.717, 1.165) is 18.5 Å². The van der Waals surface area contributed by atoms with Crippen LogP contribution in [-0.2, 0) is 27.8 Å². The minimum absolute atomic E-state index is 0.0899. The molecule has 0 aliphatic carbocycles. The van der Waals surface area contributed by atoms with E-state index in [2.05, 4.69) is 23.3 Å². The molecule has 0 saturated carbocycles. The van der Waals surface area contributed by atoms with E-state index in [1.807, 2.05) is 12.1 Å². The van der Waals surface area contributed by atoms with E-state index in [9.17, 15) is 13.2 Å². The zero-order valence-corrected chi connectivity index (χ0v) is 16.3. The number of nitrogens with one attached hydrogen (secondary N) is 1. The number of carbonyl (C=O) groups is 1. The van der Waals surface area contributed by atoms with Gasteiger partial charge in [-0.3, -0.25) is 9.69 Å². The zero-order valence-electron chi connectivity index (χ0n) is 15.5. The van der Waals surface area contributed by atoms with E-state index >= 15 is 0 Å². The van der Waals surface area contributed by atoms with Crippen LogP contribution in [0.25, 0.3) is 0 Å². The van der Waals surface area contributed by atoms with E-state index in [4.69, 9.17) is 0 Å². The Morgan fingerprint density at radius 3 is 2.52 bits per heavy atom. The Hall–Kier alpha value is -2.22. The van der Waals surface area contributed by atoms with Crippen LogP contribution < -0.4 is 5.32 Å². The first-order valence-corrected chi connectivity index (χ1v) is 10.5. The summed E-state index contributed by atoms with van der Waals surface area (Å²) in [4.78, 5) is 13.6. The Kier molecular flexibility index (Phi) is 4.53. The lowest BCUT2D eigenvalue weighted by atomic mass is 9.86. The Morgan fingerprint density at radius 1 is 1.11 bits per heavy atom. The minimum Gasteiger partial charge on any atom is -0.326 e. The van der Waals surface area contributed by atoms with Crippen LogP contribution in [0.3, 0.4) is 0 Å². The predicted molar refractivity (Wildman–Crippen MR) is 104 cm³/mol. The number of amides is 1. The third kappa shape index (κ3) is 3.26. The lowest BCUT2D eigenvalue weighted by Crippen LogP contribution is -2.46.